The van der Waals surface area contributed by atoms with Crippen LogP contribution in [0.1, 0.15) is 33.8 Å². The van der Waals surface area contributed by atoms with E-state index in [1.807, 2.05) is 38.1 Å². The van der Waals surface area contributed by atoms with Gasteiger partial charge in [0, 0.05) is 0 Å². The van der Waals surface area contributed by atoms with Gasteiger partial charge in [-0.15, -0.1) is 11.3 Å². The molecule has 0 aliphatic rings. The van der Waals surface area contributed by atoms with Crippen LogP contribution >= 0.6 is 22.9 Å². The number of carbonyl (C=O) groups excluding carboxylic acids is 1. The molecule has 0 bridgehead atoms. The van der Waals surface area contributed by atoms with Gasteiger partial charge in [-0.2, -0.15) is 0 Å². The summed E-state index contributed by atoms with van der Waals surface area (Å²) in [4.78, 5) is 12.6. The average Bonchev–Trinajstić information content (AvgIpc) is 2.76. The first-order chi connectivity index (χ1) is 8.56. The molecule has 0 radical (unpaired) electrons. The third-order valence-electron chi connectivity index (χ3n) is 2.72. The van der Waals surface area contributed by atoms with Crippen molar-refractivity contribution in [3.63, 3.8) is 0 Å². The first-order valence-electron chi connectivity index (χ1n) is 5.69. The fourth-order valence-corrected chi connectivity index (χ4v) is 2.59. The molecular weight excluding hydrogens is 266 g/mol. The van der Waals surface area contributed by atoms with Crippen LogP contribution in [-0.2, 0) is 0 Å². The molecule has 1 atom stereocenters. The zero-order valence-corrected chi connectivity index (χ0v) is 11.8. The molecule has 2 aromatic rings. The molecule has 0 fully saturated rings. The van der Waals surface area contributed by atoms with Gasteiger partial charge in [-0.3, -0.25) is 4.79 Å². The topological polar surface area (TPSA) is 29.1 Å². The van der Waals surface area contributed by atoms with Gasteiger partial charge in [-0.1, -0.05) is 41.4 Å². The number of hydrogen-bond acceptors (Lipinski definition) is 2. The Morgan fingerprint density at radius 1 is 1.22 bits per heavy atom. The number of amides is 1. The van der Waals surface area contributed by atoms with Crippen LogP contribution in [0.2, 0.25) is 4.34 Å². The van der Waals surface area contributed by atoms with E-state index < -0.39 is 0 Å². The Labute approximate surface area is 116 Å². The van der Waals surface area contributed by atoms with E-state index in [0.29, 0.717) is 9.21 Å². The van der Waals surface area contributed by atoms with Gasteiger partial charge >= 0.3 is 0 Å². The maximum absolute atomic E-state index is 11.9. The Balaban J connectivity index is 2.05. The molecule has 0 spiro atoms. The zero-order valence-electron chi connectivity index (χ0n) is 10.2. The van der Waals surface area contributed by atoms with Gasteiger partial charge in [0.1, 0.15) is 0 Å². The van der Waals surface area contributed by atoms with E-state index >= 15 is 0 Å². The maximum atomic E-state index is 11.9. The minimum Gasteiger partial charge on any atom is -0.345 e. The van der Waals surface area contributed by atoms with E-state index in [-0.39, 0.29) is 11.9 Å². The molecule has 1 aromatic heterocycles. The zero-order chi connectivity index (χ0) is 13.1. The van der Waals surface area contributed by atoms with Gasteiger partial charge in [0.05, 0.1) is 15.3 Å². The number of carbonyl (C=O) groups is 1. The van der Waals surface area contributed by atoms with Crippen LogP contribution in [0.4, 0.5) is 0 Å². The van der Waals surface area contributed by atoms with Gasteiger partial charge in [-0.25, -0.2) is 0 Å². The van der Waals surface area contributed by atoms with E-state index in [4.69, 9.17) is 11.6 Å². The molecule has 1 amide bonds. The Morgan fingerprint density at radius 3 is 2.44 bits per heavy atom. The molecule has 18 heavy (non-hydrogen) atoms. The van der Waals surface area contributed by atoms with Crippen molar-refractivity contribution >= 4 is 28.8 Å². The highest BCUT2D eigenvalue weighted by Gasteiger charge is 2.12. The second-order valence-electron chi connectivity index (χ2n) is 4.21. The molecule has 94 valence electrons. The molecule has 1 heterocycles. The van der Waals surface area contributed by atoms with E-state index in [1.54, 1.807) is 12.1 Å². The fraction of sp³-hybridized carbons (Fsp3) is 0.214. The smallest absolute Gasteiger partial charge is 0.261 e. The van der Waals surface area contributed by atoms with E-state index in [1.165, 1.54) is 16.9 Å². The maximum Gasteiger partial charge on any atom is 0.261 e. The second-order valence-corrected chi connectivity index (χ2v) is 5.92. The molecule has 1 aromatic carbocycles. The summed E-state index contributed by atoms with van der Waals surface area (Å²) < 4.78 is 0.628. The molecule has 0 saturated heterocycles. The number of thiophene rings is 1. The standard InChI is InChI=1S/C14H14ClNOS/c1-9-3-5-11(6-4-9)10(2)16-14(17)12-7-8-13(15)18-12/h3-8,10H,1-2H3,(H,16,17). The van der Waals surface area contributed by atoms with Gasteiger partial charge in [-0.05, 0) is 31.5 Å². The van der Waals surface area contributed by atoms with Crippen molar-refractivity contribution in [1.82, 2.24) is 5.32 Å². The van der Waals surface area contributed by atoms with Gasteiger partial charge in [0.25, 0.3) is 5.91 Å². The van der Waals surface area contributed by atoms with Crippen molar-refractivity contribution < 1.29 is 4.79 Å². The molecule has 0 saturated carbocycles. The van der Waals surface area contributed by atoms with Crippen LogP contribution in [0.3, 0.4) is 0 Å². The number of rotatable bonds is 3. The number of benzene rings is 1. The average molecular weight is 280 g/mol. The largest absolute Gasteiger partial charge is 0.345 e. The van der Waals surface area contributed by atoms with E-state index in [9.17, 15) is 4.79 Å². The van der Waals surface area contributed by atoms with Crippen LogP contribution in [0.5, 0.6) is 0 Å². The van der Waals surface area contributed by atoms with Crippen molar-refractivity contribution in [2.45, 2.75) is 19.9 Å². The molecule has 0 aliphatic heterocycles. The predicted molar refractivity (Wildman–Crippen MR) is 76.4 cm³/mol. The lowest BCUT2D eigenvalue weighted by Gasteiger charge is -2.13. The highest BCUT2D eigenvalue weighted by molar-refractivity contribution is 7.17. The van der Waals surface area contributed by atoms with Crippen LogP contribution in [0.25, 0.3) is 0 Å². The van der Waals surface area contributed by atoms with E-state index in [2.05, 4.69) is 5.32 Å². The third kappa shape index (κ3) is 3.12. The number of aryl methyl sites for hydroxylation is 1. The summed E-state index contributed by atoms with van der Waals surface area (Å²) in [5.41, 5.74) is 2.30. The summed E-state index contributed by atoms with van der Waals surface area (Å²) in [6.07, 6.45) is 0. The normalized spacial score (nSPS) is 12.2. The monoisotopic (exact) mass is 279 g/mol. The molecule has 0 aliphatic carbocycles. The molecule has 2 rings (SSSR count). The first-order valence-corrected chi connectivity index (χ1v) is 6.88. The summed E-state index contributed by atoms with van der Waals surface area (Å²) in [5, 5.41) is 2.96. The van der Waals surface area contributed by atoms with Crippen LogP contribution in [0, 0.1) is 6.92 Å². The lowest BCUT2D eigenvalue weighted by atomic mass is 10.1. The lowest BCUT2D eigenvalue weighted by molar-refractivity contribution is 0.0944. The number of nitrogens with one attached hydrogen (secondary N) is 1. The molecule has 2 nitrogen and oxygen atoms in total. The molecule has 1 N–H and O–H groups in total. The van der Waals surface area contributed by atoms with Crippen molar-refractivity contribution in [3.8, 4) is 0 Å². The minimum absolute atomic E-state index is 0.0148. The Kier molecular flexibility index (Phi) is 4.04. The third-order valence-corrected chi connectivity index (χ3v) is 3.95. The van der Waals surface area contributed by atoms with Crippen molar-refractivity contribution in [3.05, 3.63) is 56.7 Å². The number of hydrogen-bond donors (Lipinski definition) is 1. The van der Waals surface area contributed by atoms with Crippen molar-refractivity contribution in [2.24, 2.45) is 0 Å². The molecule has 1 unspecified atom stereocenters. The van der Waals surface area contributed by atoms with Crippen LogP contribution < -0.4 is 5.32 Å². The number of halogens is 1. The lowest BCUT2D eigenvalue weighted by Crippen LogP contribution is -2.25. The van der Waals surface area contributed by atoms with Crippen LogP contribution in [-0.4, -0.2) is 5.91 Å². The van der Waals surface area contributed by atoms with Crippen molar-refractivity contribution in [2.75, 3.05) is 0 Å². The highest BCUT2D eigenvalue weighted by atomic mass is 35.5. The van der Waals surface area contributed by atoms with E-state index in [0.717, 1.165) is 5.56 Å². The summed E-state index contributed by atoms with van der Waals surface area (Å²) >= 11 is 7.10. The van der Waals surface area contributed by atoms with Gasteiger partial charge in [0.2, 0.25) is 0 Å². The summed E-state index contributed by atoms with van der Waals surface area (Å²) in [5.74, 6) is -0.0834. The Hall–Kier alpha value is -1.32. The van der Waals surface area contributed by atoms with Gasteiger partial charge < -0.3 is 5.32 Å². The second kappa shape index (κ2) is 5.55. The van der Waals surface area contributed by atoms with Crippen LogP contribution in [0.15, 0.2) is 36.4 Å². The quantitative estimate of drug-likeness (QED) is 0.896. The summed E-state index contributed by atoms with van der Waals surface area (Å²) in [6.45, 7) is 4.01. The Morgan fingerprint density at radius 2 is 1.89 bits per heavy atom. The fourth-order valence-electron chi connectivity index (χ4n) is 1.64. The first kappa shape index (κ1) is 13.1. The summed E-state index contributed by atoms with van der Waals surface area (Å²) in [7, 11) is 0. The SMILES string of the molecule is Cc1ccc(C(C)NC(=O)c2ccc(Cl)s2)cc1. The molecule has 4 heteroatoms. The van der Waals surface area contributed by atoms with Gasteiger partial charge in [0.15, 0.2) is 0 Å². The molecular formula is C14H14ClNOS. The summed E-state index contributed by atoms with van der Waals surface area (Å²) in [6, 6.07) is 11.6. The minimum atomic E-state index is -0.0834. The predicted octanol–water partition coefficient (Wildman–Crippen LogP) is 4.20. The van der Waals surface area contributed by atoms with Crippen molar-refractivity contribution in [1.29, 1.82) is 0 Å². The Bertz CT molecular complexity index is 547. The highest BCUT2D eigenvalue weighted by Crippen LogP contribution is 2.22.